The van der Waals surface area contributed by atoms with Crippen LogP contribution in [0.1, 0.15) is 18.4 Å². The molecule has 1 saturated heterocycles. The Morgan fingerprint density at radius 2 is 2.39 bits per heavy atom. The molecule has 1 aromatic carbocycles. The van der Waals surface area contributed by atoms with Gasteiger partial charge in [-0.25, -0.2) is 4.79 Å². The summed E-state index contributed by atoms with van der Waals surface area (Å²) in [6.45, 7) is 2.90. The van der Waals surface area contributed by atoms with E-state index >= 15 is 0 Å². The summed E-state index contributed by atoms with van der Waals surface area (Å²) in [5.41, 5.74) is 3.22. The van der Waals surface area contributed by atoms with E-state index in [1.54, 1.807) is 0 Å². The summed E-state index contributed by atoms with van der Waals surface area (Å²) in [6.07, 6.45) is 2.53. The van der Waals surface area contributed by atoms with Crippen molar-refractivity contribution in [2.75, 3.05) is 11.5 Å². The zero-order valence-electron chi connectivity index (χ0n) is 10.6. The molecule has 0 aliphatic carbocycles. The molecule has 3 rings (SSSR count). The molecule has 1 aliphatic rings. The van der Waals surface area contributed by atoms with Crippen LogP contribution in [0.3, 0.4) is 0 Å². The van der Waals surface area contributed by atoms with Gasteiger partial charge in [-0.15, -0.1) is 0 Å². The Bertz CT molecular complexity index is 608. The van der Waals surface area contributed by atoms with Gasteiger partial charge in [-0.3, -0.25) is 4.57 Å². The zero-order valence-corrected chi connectivity index (χ0v) is 11.4. The van der Waals surface area contributed by atoms with E-state index in [1.165, 1.54) is 24.3 Å². The molecule has 0 radical (unpaired) electrons. The minimum absolute atomic E-state index is 0.0369. The lowest BCUT2D eigenvalue weighted by atomic mass is 10.1. The van der Waals surface area contributed by atoms with E-state index in [9.17, 15) is 4.79 Å². The quantitative estimate of drug-likeness (QED) is 0.903. The molecule has 1 N–H and O–H groups in total. The first-order valence-electron chi connectivity index (χ1n) is 6.51. The number of rotatable bonds is 2. The molecule has 1 unspecified atom stereocenters. The Morgan fingerprint density at radius 1 is 1.50 bits per heavy atom. The molecule has 1 aliphatic heterocycles. The van der Waals surface area contributed by atoms with Gasteiger partial charge in [0, 0.05) is 6.54 Å². The molecule has 2 aromatic rings. The van der Waals surface area contributed by atoms with Crippen molar-refractivity contribution < 1.29 is 0 Å². The smallest absolute Gasteiger partial charge is 0.305 e. The van der Waals surface area contributed by atoms with Crippen molar-refractivity contribution >= 4 is 22.8 Å². The van der Waals surface area contributed by atoms with Crippen LogP contribution in [0, 0.1) is 12.8 Å². The van der Waals surface area contributed by atoms with Gasteiger partial charge in [-0.05, 0) is 48.8 Å². The van der Waals surface area contributed by atoms with Gasteiger partial charge in [0.2, 0.25) is 0 Å². The van der Waals surface area contributed by atoms with Gasteiger partial charge in [-0.1, -0.05) is 12.1 Å². The highest BCUT2D eigenvalue weighted by Crippen LogP contribution is 2.25. The molecule has 96 valence electrons. The zero-order chi connectivity index (χ0) is 12.5. The van der Waals surface area contributed by atoms with Gasteiger partial charge < -0.3 is 4.98 Å². The summed E-state index contributed by atoms with van der Waals surface area (Å²) in [5.74, 6) is 3.10. The number of hydrogen-bond acceptors (Lipinski definition) is 2. The van der Waals surface area contributed by atoms with Crippen LogP contribution in [0.2, 0.25) is 0 Å². The number of para-hydroxylation sites is 1. The molecule has 1 aromatic heterocycles. The molecular weight excluding hydrogens is 244 g/mol. The third-order valence-electron chi connectivity index (χ3n) is 3.71. The highest BCUT2D eigenvalue weighted by atomic mass is 32.2. The Balaban J connectivity index is 1.98. The Hall–Kier alpha value is -1.16. The number of nitrogens with zero attached hydrogens (tertiary/aromatic N) is 1. The van der Waals surface area contributed by atoms with Crippen molar-refractivity contribution in [1.82, 2.24) is 9.55 Å². The van der Waals surface area contributed by atoms with Crippen LogP contribution in [0.5, 0.6) is 0 Å². The molecular formula is C14H18N2OS. The van der Waals surface area contributed by atoms with Crippen LogP contribution in [0.25, 0.3) is 11.0 Å². The van der Waals surface area contributed by atoms with Gasteiger partial charge in [0.25, 0.3) is 0 Å². The summed E-state index contributed by atoms with van der Waals surface area (Å²) in [4.78, 5) is 15.1. The van der Waals surface area contributed by atoms with E-state index in [-0.39, 0.29) is 5.69 Å². The fourth-order valence-corrected chi connectivity index (χ4v) is 3.86. The topological polar surface area (TPSA) is 37.8 Å². The van der Waals surface area contributed by atoms with Crippen LogP contribution < -0.4 is 5.69 Å². The monoisotopic (exact) mass is 262 g/mol. The first-order chi connectivity index (χ1) is 8.75. The first-order valence-corrected chi connectivity index (χ1v) is 7.67. The van der Waals surface area contributed by atoms with Crippen molar-refractivity contribution in [2.24, 2.45) is 5.92 Å². The summed E-state index contributed by atoms with van der Waals surface area (Å²) in [6, 6.07) is 6.10. The lowest BCUT2D eigenvalue weighted by Crippen LogP contribution is -2.24. The molecule has 18 heavy (non-hydrogen) atoms. The van der Waals surface area contributed by atoms with E-state index < -0.39 is 0 Å². The number of imidazole rings is 1. The largest absolute Gasteiger partial charge is 0.326 e. The fraction of sp³-hybridized carbons (Fsp3) is 0.500. The maximum atomic E-state index is 12.1. The van der Waals surface area contributed by atoms with Crippen LogP contribution in [0.15, 0.2) is 23.0 Å². The van der Waals surface area contributed by atoms with E-state index in [1.807, 2.05) is 41.5 Å². The number of benzene rings is 1. The van der Waals surface area contributed by atoms with E-state index in [0.717, 1.165) is 23.1 Å². The Labute approximate surface area is 111 Å². The second kappa shape index (κ2) is 4.84. The fourth-order valence-electron chi connectivity index (χ4n) is 2.71. The second-order valence-corrected chi connectivity index (χ2v) is 6.24. The maximum absolute atomic E-state index is 12.1. The van der Waals surface area contributed by atoms with Gasteiger partial charge >= 0.3 is 5.69 Å². The van der Waals surface area contributed by atoms with Crippen LogP contribution in [-0.4, -0.2) is 21.1 Å². The van der Waals surface area contributed by atoms with Crippen molar-refractivity contribution in [3.05, 3.63) is 34.2 Å². The number of thioether (sulfide) groups is 1. The number of aromatic amines is 1. The lowest BCUT2D eigenvalue weighted by Gasteiger charge is -2.21. The van der Waals surface area contributed by atoms with Crippen molar-refractivity contribution in [2.45, 2.75) is 26.3 Å². The molecule has 4 heteroatoms. The molecule has 0 saturated carbocycles. The maximum Gasteiger partial charge on any atom is 0.326 e. The molecule has 2 heterocycles. The number of aromatic nitrogens is 2. The molecule has 1 fully saturated rings. The average Bonchev–Trinajstić information content (AvgIpc) is 2.70. The standard InChI is InChI=1S/C14H18N2OS/c1-10-4-2-6-12-13(10)15-14(17)16(12)8-11-5-3-7-18-9-11/h2,4,6,11H,3,5,7-9H2,1H3,(H,15,17). The lowest BCUT2D eigenvalue weighted by molar-refractivity contribution is 0.446. The van der Waals surface area contributed by atoms with Gasteiger partial charge in [0.05, 0.1) is 11.0 Å². The summed E-state index contributed by atoms with van der Waals surface area (Å²) >= 11 is 2.01. The van der Waals surface area contributed by atoms with Crippen LogP contribution in [-0.2, 0) is 6.54 Å². The third kappa shape index (κ3) is 2.09. The number of aryl methyl sites for hydroxylation is 1. The molecule has 3 nitrogen and oxygen atoms in total. The van der Waals surface area contributed by atoms with Gasteiger partial charge in [0.15, 0.2) is 0 Å². The molecule has 0 spiro atoms. The van der Waals surface area contributed by atoms with E-state index in [0.29, 0.717) is 5.92 Å². The second-order valence-electron chi connectivity index (χ2n) is 5.09. The SMILES string of the molecule is Cc1cccc2c1[nH]c(=O)n2CC1CCCSC1. The predicted octanol–water partition coefficient (Wildman–Crippen LogP) is 2.78. The number of fused-ring (bicyclic) bond motifs is 1. The van der Waals surface area contributed by atoms with Crippen molar-refractivity contribution in [1.29, 1.82) is 0 Å². The number of hydrogen-bond donors (Lipinski definition) is 1. The third-order valence-corrected chi connectivity index (χ3v) is 5.00. The van der Waals surface area contributed by atoms with E-state index in [2.05, 4.69) is 4.98 Å². The predicted molar refractivity (Wildman–Crippen MR) is 77.3 cm³/mol. The minimum atomic E-state index is 0.0369. The molecule has 0 amide bonds. The van der Waals surface area contributed by atoms with E-state index in [4.69, 9.17) is 0 Å². The Morgan fingerprint density at radius 3 is 3.17 bits per heavy atom. The number of nitrogens with one attached hydrogen (secondary N) is 1. The van der Waals surface area contributed by atoms with Gasteiger partial charge in [0.1, 0.15) is 0 Å². The normalized spacial score (nSPS) is 20.4. The summed E-state index contributed by atoms with van der Waals surface area (Å²) < 4.78 is 1.92. The van der Waals surface area contributed by atoms with Crippen LogP contribution >= 0.6 is 11.8 Å². The highest BCUT2D eigenvalue weighted by Gasteiger charge is 2.17. The number of H-pyrrole nitrogens is 1. The summed E-state index contributed by atoms with van der Waals surface area (Å²) in [7, 11) is 0. The van der Waals surface area contributed by atoms with Crippen LogP contribution in [0.4, 0.5) is 0 Å². The Kier molecular flexibility index (Phi) is 3.20. The molecule has 0 bridgehead atoms. The highest BCUT2D eigenvalue weighted by molar-refractivity contribution is 7.99. The van der Waals surface area contributed by atoms with Gasteiger partial charge in [-0.2, -0.15) is 11.8 Å². The molecule has 1 atom stereocenters. The van der Waals surface area contributed by atoms with Crippen molar-refractivity contribution in [3.63, 3.8) is 0 Å². The average molecular weight is 262 g/mol. The first kappa shape index (κ1) is 11.9. The summed E-state index contributed by atoms with van der Waals surface area (Å²) in [5, 5.41) is 0. The minimum Gasteiger partial charge on any atom is -0.305 e. The van der Waals surface area contributed by atoms with Crippen molar-refractivity contribution in [3.8, 4) is 0 Å².